The van der Waals surface area contributed by atoms with E-state index in [-0.39, 0.29) is 0 Å². The van der Waals surface area contributed by atoms with Crippen LogP contribution in [0.5, 0.6) is 11.5 Å². The zero-order valence-electron chi connectivity index (χ0n) is 19.8. The van der Waals surface area contributed by atoms with Gasteiger partial charge >= 0.3 is 0 Å². The first-order valence-corrected chi connectivity index (χ1v) is 11.6. The van der Waals surface area contributed by atoms with Gasteiger partial charge in [0.25, 0.3) is 0 Å². The highest BCUT2D eigenvalue weighted by Crippen LogP contribution is 2.34. The summed E-state index contributed by atoms with van der Waals surface area (Å²) in [7, 11) is 3.21. The summed E-state index contributed by atoms with van der Waals surface area (Å²) in [6, 6.07) is 17.9. The first-order valence-electron chi connectivity index (χ1n) is 11.6. The van der Waals surface area contributed by atoms with Crippen LogP contribution in [0.1, 0.15) is 36.5 Å². The summed E-state index contributed by atoms with van der Waals surface area (Å²) in [5.41, 5.74) is 3.74. The van der Waals surface area contributed by atoms with Crippen LogP contribution in [0.25, 0.3) is 28.6 Å². The summed E-state index contributed by atoms with van der Waals surface area (Å²) >= 11 is 0. The number of benzene rings is 2. The number of para-hydroxylation sites is 1. The number of methoxy groups -OCH3 is 2. The van der Waals surface area contributed by atoms with Crippen molar-refractivity contribution in [1.29, 1.82) is 5.26 Å². The number of rotatable bonds is 6. The molecule has 0 fully saturated rings. The van der Waals surface area contributed by atoms with E-state index in [1.807, 2.05) is 65.5 Å². The lowest BCUT2D eigenvalue weighted by molar-refractivity contribution is 0.355. The zero-order chi connectivity index (χ0) is 24.2. The third-order valence-electron chi connectivity index (χ3n) is 6.19. The van der Waals surface area contributed by atoms with Crippen LogP contribution in [0, 0.1) is 11.3 Å². The first kappa shape index (κ1) is 22.4. The fourth-order valence-electron chi connectivity index (χ4n) is 4.40. The minimum atomic E-state index is 0.458. The molecule has 4 aromatic rings. The van der Waals surface area contributed by atoms with Crippen molar-refractivity contribution in [3.8, 4) is 34.5 Å². The largest absolute Gasteiger partial charge is 0.493 e. The Kier molecular flexibility index (Phi) is 6.31. The van der Waals surface area contributed by atoms with Crippen molar-refractivity contribution < 1.29 is 9.47 Å². The van der Waals surface area contributed by atoms with E-state index in [1.54, 1.807) is 14.2 Å². The van der Waals surface area contributed by atoms with E-state index >= 15 is 0 Å². The van der Waals surface area contributed by atoms with Gasteiger partial charge in [-0.2, -0.15) is 10.4 Å². The topological polar surface area (TPSA) is 90.8 Å². The molecule has 2 aromatic heterocycles. The minimum absolute atomic E-state index is 0.458. The molecule has 0 N–H and O–H groups in total. The molecule has 0 atom stereocenters. The quantitative estimate of drug-likeness (QED) is 0.374. The average molecular weight is 467 g/mol. The monoisotopic (exact) mass is 466 g/mol. The zero-order valence-corrected chi connectivity index (χ0v) is 19.8. The predicted molar refractivity (Wildman–Crippen MR) is 133 cm³/mol. The molecular weight excluding hydrogens is 440 g/mol. The van der Waals surface area contributed by atoms with Gasteiger partial charge in [0.1, 0.15) is 17.6 Å². The standard InChI is InChI=1S/C27H26N6O2/c1-34-23-13-12-19(16-24(23)35-2)26-21(18-33(31-26)22-9-5-3-6-10-22)15-20(17-28)27-30-29-25-11-7-4-8-14-32(25)27/h3,5-6,9-10,12-13,15-16,18H,4,7-8,11,14H2,1-2H3. The molecule has 8 heteroatoms. The normalized spacial score (nSPS) is 13.6. The first-order chi connectivity index (χ1) is 17.2. The summed E-state index contributed by atoms with van der Waals surface area (Å²) in [5, 5.41) is 23.7. The van der Waals surface area contributed by atoms with E-state index in [0.717, 1.165) is 60.6 Å². The van der Waals surface area contributed by atoms with Gasteiger partial charge in [0.15, 0.2) is 17.3 Å². The lowest BCUT2D eigenvalue weighted by Crippen LogP contribution is -2.05. The Balaban J connectivity index is 1.65. The van der Waals surface area contributed by atoms with Crippen molar-refractivity contribution in [3.05, 3.63) is 71.9 Å². The Morgan fingerprint density at radius 3 is 2.60 bits per heavy atom. The predicted octanol–water partition coefficient (Wildman–Crippen LogP) is 4.94. The molecule has 0 aliphatic carbocycles. The summed E-state index contributed by atoms with van der Waals surface area (Å²) in [6.45, 7) is 0.822. The van der Waals surface area contributed by atoms with Gasteiger partial charge in [-0.1, -0.05) is 24.6 Å². The third-order valence-corrected chi connectivity index (χ3v) is 6.19. The van der Waals surface area contributed by atoms with Gasteiger partial charge in [0.05, 0.1) is 25.5 Å². The number of aromatic nitrogens is 5. The van der Waals surface area contributed by atoms with Gasteiger partial charge in [-0.15, -0.1) is 10.2 Å². The Morgan fingerprint density at radius 1 is 1.00 bits per heavy atom. The molecule has 5 rings (SSSR count). The van der Waals surface area contributed by atoms with Crippen molar-refractivity contribution in [3.63, 3.8) is 0 Å². The number of ether oxygens (including phenoxy) is 2. The van der Waals surface area contributed by atoms with E-state index in [0.29, 0.717) is 22.9 Å². The van der Waals surface area contributed by atoms with Crippen LogP contribution in [0.15, 0.2) is 54.7 Å². The molecule has 0 amide bonds. The Bertz CT molecular complexity index is 1410. The number of fused-ring (bicyclic) bond motifs is 1. The lowest BCUT2D eigenvalue weighted by Gasteiger charge is -2.09. The van der Waals surface area contributed by atoms with Crippen LogP contribution in [0.4, 0.5) is 0 Å². The SMILES string of the molecule is COc1ccc(-c2nn(-c3ccccc3)cc2C=C(C#N)c2nnc3n2CCCCC3)cc1OC. The molecule has 1 aliphatic rings. The highest BCUT2D eigenvalue weighted by molar-refractivity contribution is 5.90. The second kappa shape index (κ2) is 9.85. The third kappa shape index (κ3) is 4.41. The number of hydrogen-bond acceptors (Lipinski definition) is 6. The molecule has 1 aliphatic heterocycles. The van der Waals surface area contributed by atoms with Crippen LogP contribution >= 0.6 is 0 Å². The highest BCUT2D eigenvalue weighted by Gasteiger charge is 2.20. The van der Waals surface area contributed by atoms with E-state index in [9.17, 15) is 5.26 Å². The minimum Gasteiger partial charge on any atom is -0.493 e. The molecule has 3 heterocycles. The Hall–Kier alpha value is -4.38. The van der Waals surface area contributed by atoms with Crippen molar-refractivity contribution in [2.75, 3.05) is 14.2 Å². The summed E-state index contributed by atoms with van der Waals surface area (Å²) < 4.78 is 14.8. The number of aryl methyl sites for hydroxylation is 1. The van der Waals surface area contributed by atoms with Gasteiger partial charge in [0, 0.05) is 30.3 Å². The maximum Gasteiger partial charge on any atom is 0.174 e. The molecule has 0 radical (unpaired) electrons. The lowest BCUT2D eigenvalue weighted by atomic mass is 10.1. The average Bonchev–Trinajstić information content (AvgIpc) is 3.44. The number of hydrogen-bond donors (Lipinski definition) is 0. The molecule has 2 aromatic carbocycles. The van der Waals surface area contributed by atoms with E-state index < -0.39 is 0 Å². The molecular formula is C27H26N6O2. The van der Waals surface area contributed by atoms with E-state index in [1.165, 1.54) is 0 Å². The maximum atomic E-state index is 10.1. The molecule has 0 spiro atoms. The molecule has 0 bridgehead atoms. The van der Waals surface area contributed by atoms with Crippen molar-refractivity contribution in [2.45, 2.75) is 32.2 Å². The number of allylic oxidation sites excluding steroid dienone is 1. The van der Waals surface area contributed by atoms with Gasteiger partial charge in [-0.05, 0) is 49.2 Å². The van der Waals surface area contributed by atoms with E-state index in [4.69, 9.17) is 14.6 Å². The maximum absolute atomic E-state index is 10.1. The number of nitrogens with zero attached hydrogens (tertiary/aromatic N) is 6. The van der Waals surface area contributed by atoms with Gasteiger partial charge in [-0.25, -0.2) is 4.68 Å². The molecule has 0 unspecified atom stereocenters. The van der Waals surface area contributed by atoms with Crippen LogP contribution < -0.4 is 9.47 Å². The van der Waals surface area contributed by atoms with Crippen LogP contribution in [0.2, 0.25) is 0 Å². The Labute approximate surface area is 204 Å². The molecule has 35 heavy (non-hydrogen) atoms. The summed E-state index contributed by atoms with van der Waals surface area (Å²) in [5.74, 6) is 2.80. The van der Waals surface area contributed by atoms with Crippen LogP contribution in [0.3, 0.4) is 0 Å². The van der Waals surface area contributed by atoms with Crippen molar-refractivity contribution in [2.24, 2.45) is 0 Å². The van der Waals surface area contributed by atoms with Gasteiger partial charge < -0.3 is 14.0 Å². The smallest absolute Gasteiger partial charge is 0.174 e. The fourth-order valence-corrected chi connectivity index (χ4v) is 4.40. The Morgan fingerprint density at radius 2 is 1.83 bits per heavy atom. The molecule has 0 saturated heterocycles. The second-order valence-electron chi connectivity index (χ2n) is 8.35. The van der Waals surface area contributed by atoms with Crippen molar-refractivity contribution >= 4 is 11.6 Å². The molecule has 176 valence electrons. The van der Waals surface area contributed by atoms with Crippen LogP contribution in [-0.4, -0.2) is 38.8 Å². The highest BCUT2D eigenvalue weighted by atomic mass is 16.5. The fraction of sp³-hybridized carbons (Fsp3) is 0.259. The molecule has 8 nitrogen and oxygen atoms in total. The number of nitriles is 1. The van der Waals surface area contributed by atoms with Gasteiger partial charge in [-0.3, -0.25) is 0 Å². The summed E-state index contributed by atoms with van der Waals surface area (Å²) in [6.07, 6.45) is 7.96. The van der Waals surface area contributed by atoms with Crippen molar-refractivity contribution in [1.82, 2.24) is 24.5 Å². The molecule has 0 saturated carbocycles. The van der Waals surface area contributed by atoms with Gasteiger partial charge in [0.2, 0.25) is 0 Å². The van der Waals surface area contributed by atoms with Crippen LogP contribution in [-0.2, 0) is 13.0 Å². The van der Waals surface area contributed by atoms with E-state index in [2.05, 4.69) is 20.8 Å². The summed E-state index contributed by atoms with van der Waals surface area (Å²) in [4.78, 5) is 0. The second-order valence-corrected chi connectivity index (χ2v) is 8.35.